The van der Waals surface area contributed by atoms with E-state index in [1.165, 1.54) is 11.1 Å². The molecule has 4 heteroatoms. The van der Waals surface area contributed by atoms with Crippen LogP contribution in [0.15, 0.2) is 18.2 Å². The fourth-order valence-corrected chi connectivity index (χ4v) is 4.33. The van der Waals surface area contributed by atoms with Gasteiger partial charge in [-0.3, -0.25) is 9.69 Å². The third-order valence-electron chi connectivity index (χ3n) is 5.26. The largest absolute Gasteiger partial charge is 0.399 e. The van der Waals surface area contributed by atoms with Crippen LogP contribution in [0.25, 0.3) is 0 Å². The van der Waals surface area contributed by atoms with Gasteiger partial charge in [0.2, 0.25) is 5.91 Å². The first-order valence-corrected chi connectivity index (χ1v) is 7.66. The van der Waals surface area contributed by atoms with Crippen molar-refractivity contribution < 1.29 is 4.79 Å². The van der Waals surface area contributed by atoms with Crippen molar-refractivity contribution >= 4 is 11.6 Å². The number of piperidine rings is 1. The Morgan fingerprint density at radius 3 is 3.10 bits per heavy atom. The van der Waals surface area contributed by atoms with E-state index in [1.54, 1.807) is 0 Å². The number of carbonyl (C=O) groups excluding carboxylic acids is 1. The molecule has 2 heterocycles. The average Bonchev–Trinajstić information content (AvgIpc) is 3.03. The van der Waals surface area contributed by atoms with Gasteiger partial charge in [0.1, 0.15) is 0 Å². The normalized spacial score (nSPS) is 32.8. The first kappa shape index (κ1) is 12.2. The topological polar surface area (TPSA) is 58.4 Å². The molecule has 0 aromatic heterocycles. The summed E-state index contributed by atoms with van der Waals surface area (Å²) < 4.78 is 0. The monoisotopic (exact) mass is 271 g/mol. The number of nitrogen functional groups attached to an aromatic ring is 1. The van der Waals surface area contributed by atoms with Crippen LogP contribution in [0, 0.1) is 5.92 Å². The first-order chi connectivity index (χ1) is 9.74. The van der Waals surface area contributed by atoms with Crippen LogP contribution in [0.5, 0.6) is 0 Å². The zero-order chi connectivity index (χ0) is 13.7. The summed E-state index contributed by atoms with van der Waals surface area (Å²) >= 11 is 0. The second-order valence-corrected chi connectivity index (χ2v) is 6.31. The van der Waals surface area contributed by atoms with Gasteiger partial charge in [0.25, 0.3) is 0 Å². The molecule has 2 aliphatic heterocycles. The first-order valence-electron chi connectivity index (χ1n) is 7.66. The van der Waals surface area contributed by atoms with E-state index in [0.717, 1.165) is 44.5 Å². The van der Waals surface area contributed by atoms with Crippen molar-refractivity contribution in [3.8, 4) is 0 Å². The standard InChI is InChI=1S/C16H21N3O/c17-11-4-5-12-10(8-11)3-6-14(12)19-7-1-2-13-15(19)9-18-16(13)20/h4-5,8,13-15H,1-3,6-7,9,17H2,(H,18,20). The van der Waals surface area contributed by atoms with E-state index in [1.807, 2.05) is 6.07 Å². The third kappa shape index (κ3) is 1.74. The Bertz CT molecular complexity index is 557. The van der Waals surface area contributed by atoms with Crippen LogP contribution in [0.1, 0.15) is 36.4 Å². The summed E-state index contributed by atoms with van der Waals surface area (Å²) in [6, 6.07) is 7.19. The lowest BCUT2D eigenvalue weighted by Gasteiger charge is -2.40. The van der Waals surface area contributed by atoms with E-state index in [2.05, 4.69) is 22.3 Å². The Kier molecular flexibility index (Phi) is 2.74. The molecule has 2 fully saturated rings. The molecule has 4 rings (SSSR count). The highest BCUT2D eigenvalue weighted by atomic mass is 16.2. The number of rotatable bonds is 1. The molecule has 3 N–H and O–H groups in total. The SMILES string of the molecule is Nc1ccc2c(c1)CCC2N1CCCC2C(=O)NCC21. The molecule has 3 aliphatic rings. The number of nitrogens with one attached hydrogen (secondary N) is 1. The number of benzene rings is 1. The molecule has 20 heavy (non-hydrogen) atoms. The van der Waals surface area contributed by atoms with Crippen molar-refractivity contribution in [2.24, 2.45) is 5.92 Å². The zero-order valence-corrected chi connectivity index (χ0v) is 11.6. The van der Waals surface area contributed by atoms with Gasteiger partial charge in [-0.1, -0.05) is 6.07 Å². The summed E-state index contributed by atoms with van der Waals surface area (Å²) in [5.74, 6) is 0.469. The lowest BCUT2D eigenvalue weighted by molar-refractivity contribution is -0.124. The highest BCUT2D eigenvalue weighted by Gasteiger charge is 2.44. The summed E-state index contributed by atoms with van der Waals surface area (Å²) in [6.45, 7) is 1.94. The van der Waals surface area contributed by atoms with Crippen LogP contribution >= 0.6 is 0 Å². The Labute approximate surface area is 119 Å². The molecular formula is C16H21N3O. The molecule has 0 saturated carbocycles. The minimum absolute atomic E-state index is 0.210. The molecule has 3 unspecified atom stereocenters. The fraction of sp³-hybridized carbons (Fsp3) is 0.562. The number of aryl methyl sites for hydroxylation is 1. The fourth-order valence-electron chi connectivity index (χ4n) is 4.33. The summed E-state index contributed by atoms with van der Waals surface area (Å²) in [7, 11) is 0. The van der Waals surface area contributed by atoms with Crippen LogP contribution in [0.3, 0.4) is 0 Å². The molecule has 106 valence electrons. The molecule has 1 aromatic carbocycles. The lowest BCUT2D eigenvalue weighted by atomic mass is 9.89. The molecule has 0 spiro atoms. The molecule has 4 nitrogen and oxygen atoms in total. The number of nitrogens with zero attached hydrogens (tertiary/aromatic N) is 1. The van der Waals surface area contributed by atoms with E-state index < -0.39 is 0 Å². The van der Waals surface area contributed by atoms with Crippen LogP contribution in [0.2, 0.25) is 0 Å². The molecule has 3 atom stereocenters. The highest BCUT2D eigenvalue weighted by Crippen LogP contribution is 2.41. The molecule has 2 saturated heterocycles. The van der Waals surface area contributed by atoms with Gasteiger partial charge in [-0.05, 0) is 55.5 Å². The zero-order valence-electron chi connectivity index (χ0n) is 11.6. The van der Waals surface area contributed by atoms with E-state index >= 15 is 0 Å². The Morgan fingerprint density at radius 1 is 1.30 bits per heavy atom. The summed E-state index contributed by atoms with van der Waals surface area (Å²) in [4.78, 5) is 14.5. The maximum Gasteiger partial charge on any atom is 0.224 e. The van der Waals surface area contributed by atoms with Crippen molar-refractivity contribution in [3.05, 3.63) is 29.3 Å². The second-order valence-electron chi connectivity index (χ2n) is 6.31. The third-order valence-corrected chi connectivity index (χ3v) is 5.26. The van der Waals surface area contributed by atoms with E-state index in [9.17, 15) is 4.79 Å². The number of likely N-dealkylation sites (tertiary alicyclic amines) is 1. The molecule has 1 aliphatic carbocycles. The molecular weight excluding hydrogens is 250 g/mol. The number of nitrogens with two attached hydrogens (primary N) is 1. The smallest absolute Gasteiger partial charge is 0.224 e. The van der Waals surface area contributed by atoms with Gasteiger partial charge in [-0.25, -0.2) is 0 Å². The van der Waals surface area contributed by atoms with Crippen LogP contribution < -0.4 is 11.1 Å². The lowest BCUT2D eigenvalue weighted by Crippen LogP contribution is -2.46. The van der Waals surface area contributed by atoms with Crippen molar-refractivity contribution in [3.63, 3.8) is 0 Å². The van der Waals surface area contributed by atoms with Crippen LogP contribution in [-0.2, 0) is 11.2 Å². The van der Waals surface area contributed by atoms with Gasteiger partial charge < -0.3 is 11.1 Å². The number of anilines is 1. The van der Waals surface area contributed by atoms with Gasteiger partial charge in [0.05, 0.1) is 5.92 Å². The minimum atomic E-state index is 0.210. The van der Waals surface area contributed by atoms with Crippen LogP contribution in [-0.4, -0.2) is 29.9 Å². The average molecular weight is 271 g/mol. The second kappa shape index (κ2) is 4.48. The maximum absolute atomic E-state index is 11.9. The summed E-state index contributed by atoms with van der Waals surface area (Å²) in [5.41, 5.74) is 9.58. The van der Waals surface area contributed by atoms with E-state index in [0.29, 0.717) is 12.1 Å². The Morgan fingerprint density at radius 2 is 2.20 bits per heavy atom. The highest BCUT2D eigenvalue weighted by molar-refractivity contribution is 5.82. The Balaban J connectivity index is 1.64. The number of amides is 1. The van der Waals surface area contributed by atoms with Gasteiger partial charge in [-0.15, -0.1) is 0 Å². The molecule has 0 radical (unpaired) electrons. The number of fused-ring (bicyclic) bond motifs is 2. The van der Waals surface area contributed by atoms with Crippen molar-refractivity contribution in [2.75, 3.05) is 18.8 Å². The maximum atomic E-state index is 11.9. The summed E-state index contributed by atoms with van der Waals surface area (Å²) in [6.07, 6.45) is 4.46. The van der Waals surface area contributed by atoms with E-state index in [-0.39, 0.29) is 11.8 Å². The van der Waals surface area contributed by atoms with Gasteiger partial charge in [0.15, 0.2) is 0 Å². The molecule has 0 bridgehead atoms. The Hall–Kier alpha value is -1.55. The van der Waals surface area contributed by atoms with Crippen molar-refractivity contribution in [2.45, 2.75) is 37.8 Å². The van der Waals surface area contributed by atoms with E-state index in [4.69, 9.17) is 5.73 Å². The minimum Gasteiger partial charge on any atom is -0.399 e. The van der Waals surface area contributed by atoms with Crippen molar-refractivity contribution in [1.29, 1.82) is 0 Å². The molecule has 1 amide bonds. The predicted molar refractivity (Wildman–Crippen MR) is 78.1 cm³/mol. The molecule has 1 aromatic rings. The number of carbonyl (C=O) groups is 1. The number of hydrogen-bond acceptors (Lipinski definition) is 3. The van der Waals surface area contributed by atoms with Crippen molar-refractivity contribution in [1.82, 2.24) is 10.2 Å². The van der Waals surface area contributed by atoms with Gasteiger partial charge in [0, 0.05) is 24.3 Å². The quantitative estimate of drug-likeness (QED) is 0.760. The van der Waals surface area contributed by atoms with Crippen LogP contribution in [0.4, 0.5) is 5.69 Å². The van der Waals surface area contributed by atoms with Gasteiger partial charge >= 0.3 is 0 Å². The van der Waals surface area contributed by atoms with Gasteiger partial charge in [-0.2, -0.15) is 0 Å². The summed E-state index contributed by atoms with van der Waals surface area (Å²) in [5, 5.41) is 3.05. The predicted octanol–water partition coefficient (Wildman–Crippen LogP) is 1.47. The number of hydrogen-bond donors (Lipinski definition) is 2.